The SMILES string of the molecule is C=C(C)C(=O)OC(=O)c1ccccc1/C=C/C. The van der Waals surface area contributed by atoms with Crippen LogP contribution in [0.2, 0.25) is 0 Å². The van der Waals surface area contributed by atoms with Gasteiger partial charge in [-0.2, -0.15) is 0 Å². The van der Waals surface area contributed by atoms with Gasteiger partial charge in [-0.15, -0.1) is 0 Å². The Morgan fingerprint density at radius 2 is 1.94 bits per heavy atom. The third-order valence-electron chi connectivity index (χ3n) is 2.06. The van der Waals surface area contributed by atoms with Gasteiger partial charge in [0.1, 0.15) is 0 Å². The number of carbonyl (C=O) groups excluding carboxylic acids is 2. The predicted molar refractivity (Wildman–Crippen MR) is 66.4 cm³/mol. The molecule has 0 spiro atoms. The Kier molecular flexibility index (Phi) is 4.40. The summed E-state index contributed by atoms with van der Waals surface area (Å²) in [5.41, 5.74) is 1.27. The summed E-state index contributed by atoms with van der Waals surface area (Å²) >= 11 is 0. The Bertz CT molecular complexity index is 484. The summed E-state index contributed by atoms with van der Waals surface area (Å²) in [7, 11) is 0. The van der Waals surface area contributed by atoms with Crippen LogP contribution in [0.15, 0.2) is 42.5 Å². The average molecular weight is 230 g/mol. The first-order valence-electron chi connectivity index (χ1n) is 5.20. The van der Waals surface area contributed by atoms with Crippen molar-refractivity contribution in [1.29, 1.82) is 0 Å². The Morgan fingerprint density at radius 3 is 2.53 bits per heavy atom. The molecule has 0 bridgehead atoms. The maximum atomic E-state index is 11.7. The van der Waals surface area contributed by atoms with Gasteiger partial charge in [0.05, 0.1) is 5.56 Å². The summed E-state index contributed by atoms with van der Waals surface area (Å²) in [5.74, 6) is -1.36. The van der Waals surface area contributed by atoms with Crippen LogP contribution in [0, 0.1) is 0 Å². The average Bonchev–Trinajstić information content (AvgIpc) is 2.29. The second kappa shape index (κ2) is 5.80. The zero-order chi connectivity index (χ0) is 12.8. The van der Waals surface area contributed by atoms with E-state index in [0.717, 1.165) is 5.56 Å². The summed E-state index contributed by atoms with van der Waals surface area (Å²) in [4.78, 5) is 23.0. The van der Waals surface area contributed by atoms with Gasteiger partial charge < -0.3 is 4.74 Å². The standard InChI is InChI=1S/C14H14O3/c1-4-7-11-8-5-6-9-12(11)14(16)17-13(15)10(2)3/h4-9H,2H2,1,3H3/b7-4+. The highest BCUT2D eigenvalue weighted by atomic mass is 16.6. The third-order valence-corrected chi connectivity index (χ3v) is 2.06. The highest BCUT2D eigenvalue weighted by Gasteiger charge is 2.15. The quantitative estimate of drug-likeness (QED) is 0.455. The van der Waals surface area contributed by atoms with Crippen molar-refractivity contribution in [1.82, 2.24) is 0 Å². The molecule has 0 heterocycles. The molecule has 0 N–H and O–H groups in total. The molecule has 3 nitrogen and oxygen atoms in total. The first-order chi connectivity index (χ1) is 8.06. The van der Waals surface area contributed by atoms with Crippen LogP contribution in [0.25, 0.3) is 6.08 Å². The van der Waals surface area contributed by atoms with E-state index >= 15 is 0 Å². The van der Waals surface area contributed by atoms with Crippen LogP contribution in [0.1, 0.15) is 29.8 Å². The molecular formula is C14H14O3. The minimum Gasteiger partial charge on any atom is -0.386 e. The molecule has 3 heteroatoms. The summed E-state index contributed by atoms with van der Waals surface area (Å²) in [6, 6.07) is 6.92. The predicted octanol–water partition coefficient (Wildman–Crippen LogP) is 2.98. The van der Waals surface area contributed by atoms with Gasteiger partial charge in [0.2, 0.25) is 0 Å². The van der Waals surface area contributed by atoms with Crippen molar-refractivity contribution < 1.29 is 14.3 Å². The minimum absolute atomic E-state index is 0.196. The number of ether oxygens (including phenoxy) is 1. The molecule has 0 atom stereocenters. The number of rotatable bonds is 3. The van der Waals surface area contributed by atoms with Crippen LogP contribution in [0.4, 0.5) is 0 Å². The fourth-order valence-corrected chi connectivity index (χ4v) is 1.23. The lowest BCUT2D eigenvalue weighted by atomic mass is 10.1. The van der Waals surface area contributed by atoms with Crippen molar-refractivity contribution >= 4 is 18.0 Å². The van der Waals surface area contributed by atoms with Gasteiger partial charge in [-0.3, -0.25) is 0 Å². The van der Waals surface area contributed by atoms with Gasteiger partial charge in [-0.1, -0.05) is 36.9 Å². The van der Waals surface area contributed by atoms with Crippen molar-refractivity contribution in [2.45, 2.75) is 13.8 Å². The molecule has 0 unspecified atom stereocenters. The molecule has 0 saturated carbocycles. The van der Waals surface area contributed by atoms with E-state index in [9.17, 15) is 9.59 Å². The molecule has 0 aliphatic rings. The topological polar surface area (TPSA) is 43.4 Å². The van der Waals surface area contributed by atoms with Gasteiger partial charge in [0.15, 0.2) is 0 Å². The van der Waals surface area contributed by atoms with E-state index < -0.39 is 11.9 Å². The molecular weight excluding hydrogens is 216 g/mol. The van der Waals surface area contributed by atoms with Crippen molar-refractivity contribution in [2.75, 3.05) is 0 Å². The normalized spacial score (nSPS) is 10.2. The Labute approximate surface area is 100 Å². The number of esters is 2. The Morgan fingerprint density at radius 1 is 1.29 bits per heavy atom. The van der Waals surface area contributed by atoms with Gasteiger partial charge in [0.25, 0.3) is 0 Å². The maximum absolute atomic E-state index is 11.7. The molecule has 0 aliphatic heterocycles. The molecule has 0 fully saturated rings. The van der Waals surface area contributed by atoms with Crippen LogP contribution in [-0.4, -0.2) is 11.9 Å². The second-order valence-corrected chi connectivity index (χ2v) is 3.54. The lowest BCUT2D eigenvalue weighted by molar-refractivity contribution is -0.133. The van der Waals surface area contributed by atoms with Gasteiger partial charge >= 0.3 is 11.9 Å². The molecule has 88 valence electrons. The zero-order valence-corrected chi connectivity index (χ0v) is 9.90. The molecule has 1 aromatic rings. The van der Waals surface area contributed by atoms with Crippen LogP contribution in [0.5, 0.6) is 0 Å². The van der Waals surface area contributed by atoms with Gasteiger partial charge in [-0.05, 0) is 25.5 Å². The number of allylic oxidation sites excluding steroid dienone is 1. The Balaban J connectivity index is 2.96. The summed E-state index contributed by atoms with van der Waals surface area (Å²) in [6.07, 6.45) is 3.59. The fraction of sp³-hybridized carbons (Fsp3) is 0.143. The van der Waals surface area contributed by atoms with Gasteiger partial charge in [-0.25, -0.2) is 9.59 Å². The molecule has 0 aliphatic carbocycles. The zero-order valence-electron chi connectivity index (χ0n) is 9.90. The molecule has 0 radical (unpaired) electrons. The van der Waals surface area contributed by atoms with E-state index in [1.54, 1.807) is 24.3 Å². The fourth-order valence-electron chi connectivity index (χ4n) is 1.23. The van der Waals surface area contributed by atoms with E-state index in [-0.39, 0.29) is 5.57 Å². The molecule has 1 rings (SSSR count). The van der Waals surface area contributed by atoms with E-state index in [1.807, 2.05) is 19.1 Å². The highest BCUT2D eigenvalue weighted by Crippen LogP contribution is 2.12. The number of carbonyl (C=O) groups is 2. The second-order valence-electron chi connectivity index (χ2n) is 3.54. The lowest BCUT2D eigenvalue weighted by Crippen LogP contribution is -2.13. The van der Waals surface area contributed by atoms with Gasteiger partial charge in [0, 0.05) is 5.57 Å². The summed E-state index contributed by atoms with van der Waals surface area (Å²) in [6.45, 7) is 6.76. The van der Waals surface area contributed by atoms with Crippen molar-refractivity contribution in [3.63, 3.8) is 0 Å². The van der Waals surface area contributed by atoms with E-state index in [0.29, 0.717) is 5.56 Å². The first kappa shape index (κ1) is 12.9. The molecule has 17 heavy (non-hydrogen) atoms. The van der Waals surface area contributed by atoms with E-state index in [4.69, 9.17) is 0 Å². The molecule has 0 aromatic heterocycles. The van der Waals surface area contributed by atoms with Crippen molar-refractivity contribution in [3.05, 3.63) is 53.6 Å². The largest absolute Gasteiger partial charge is 0.386 e. The van der Waals surface area contributed by atoms with E-state index in [2.05, 4.69) is 11.3 Å². The van der Waals surface area contributed by atoms with Crippen LogP contribution < -0.4 is 0 Å². The van der Waals surface area contributed by atoms with Crippen molar-refractivity contribution in [3.8, 4) is 0 Å². The monoisotopic (exact) mass is 230 g/mol. The summed E-state index contributed by atoms with van der Waals surface area (Å²) < 4.78 is 4.67. The number of hydrogen-bond acceptors (Lipinski definition) is 3. The van der Waals surface area contributed by atoms with Crippen LogP contribution >= 0.6 is 0 Å². The van der Waals surface area contributed by atoms with Crippen molar-refractivity contribution in [2.24, 2.45) is 0 Å². The lowest BCUT2D eigenvalue weighted by Gasteiger charge is -2.05. The molecule has 0 saturated heterocycles. The smallest absolute Gasteiger partial charge is 0.346 e. The van der Waals surface area contributed by atoms with E-state index in [1.165, 1.54) is 6.92 Å². The first-order valence-corrected chi connectivity index (χ1v) is 5.20. The number of hydrogen-bond donors (Lipinski definition) is 0. The highest BCUT2D eigenvalue weighted by molar-refractivity contribution is 6.03. The van der Waals surface area contributed by atoms with Crippen LogP contribution in [-0.2, 0) is 9.53 Å². The third kappa shape index (κ3) is 3.41. The minimum atomic E-state index is -0.703. The Hall–Kier alpha value is -2.16. The van der Waals surface area contributed by atoms with Crippen LogP contribution in [0.3, 0.4) is 0 Å². The maximum Gasteiger partial charge on any atom is 0.346 e. The molecule has 0 amide bonds. The number of benzene rings is 1. The molecule has 1 aromatic carbocycles. The summed E-state index contributed by atoms with van der Waals surface area (Å²) in [5, 5.41) is 0.